The van der Waals surface area contributed by atoms with Crippen LogP contribution in [-0.4, -0.2) is 14.3 Å². The van der Waals surface area contributed by atoms with Crippen LogP contribution in [0.5, 0.6) is 0 Å². The van der Waals surface area contributed by atoms with Crippen LogP contribution in [0, 0.1) is 0 Å². The first kappa shape index (κ1) is 9.08. The number of aryl methyl sites for hydroxylation is 1. The van der Waals surface area contributed by atoms with Crippen molar-refractivity contribution in [3.05, 3.63) is 23.9 Å². The molecule has 0 aliphatic carbocycles. The number of hydrogen-bond donors (Lipinski definition) is 1. The van der Waals surface area contributed by atoms with E-state index in [-0.39, 0.29) is 0 Å². The molecule has 0 aliphatic heterocycles. The monoisotopic (exact) mass is 206 g/mol. The van der Waals surface area contributed by atoms with Crippen molar-refractivity contribution in [2.24, 2.45) is 0 Å². The molecule has 0 saturated carbocycles. The molecule has 0 fully saturated rings. The van der Waals surface area contributed by atoms with Gasteiger partial charge in [-0.05, 0) is 24.1 Å². The lowest BCUT2D eigenvalue weighted by molar-refractivity contribution is 1.11. The van der Waals surface area contributed by atoms with E-state index < -0.39 is 0 Å². The average molecular weight is 206 g/mol. The molecule has 0 radical (unpaired) electrons. The zero-order valence-electron chi connectivity index (χ0n) is 7.77. The number of nitrogen functional groups attached to an aromatic ring is 1. The van der Waals surface area contributed by atoms with Crippen LogP contribution < -0.4 is 5.73 Å². The Morgan fingerprint density at radius 2 is 2.36 bits per heavy atom. The Morgan fingerprint density at radius 1 is 1.50 bits per heavy atom. The van der Waals surface area contributed by atoms with Crippen LogP contribution in [0.25, 0.3) is 11.5 Å². The summed E-state index contributed by atoms with van der Waals surface area (Å²) >= 11 is 1.19. The van der Waals surface area contributed by atoms with Crippen molar-refractivity contribution >= 4 is 16.7 Å². The van der Waals surface area contributed by atoms with Gasteiger partial charge in [-0.3, -0.25) is 4.98 Å². The standard InChI is InChI=1S/C9H10N4S/c1-2-6-3-4-11-7(5-6)8-12-9(10)14-13-8/h3-5H,2H2,1H3,(H2,10,12,13). The number of nitrogens with two attached hydrogens (primary N) is 1. The van der Waals surface area contributed by atoms with Gasteiger partial charge in [-0.2, -0.15) is 9.36 Å². The van der Waals surface area contributed by atoms with Crippen LogP contribution >= 0.6 is 11.5 Å². The molecule has 2 N–H and O–H groups in total. The molecule has 2 aromatic rings. The highest BCUT2D eigenvalue weighted by Crippen LogP contribution is 2.17. The minimum Gasteiger partial charge on any atom is -0.374 e. The highest BCUT2D eigenvalue weighted by molar-refractivity contribution is 7.09. The molecular formula is C9H10N4S. The normalized spacial score (nSPS) is 10.4. The molecule has 5 heteroatoms. The molecule has 0 aliphatic rings. The molecule has 0 aromatic carbocycles. The van der Waals surface area contributed by atoms with E-state index in [1.54, 1.807) is 6.20 Å². The Morgan fingerprint density at radius 3 is 3.00 bits per heavy atom. The maximum atomic E-state index is 5.50. The van der Waals surface area contributed by atoms with Crippen LogP contribution in [0.4, 0.5) is 5.13 Å². The van der Waals surface area contributed by atoms with E-state index >= 15 is 0 Å². The minimum absolute atomic E-state index is 0.476. The first-order chi connectivity index (χ1) is 6.79. The minimum atomic E-state index is 0.476. The summed E-state index contributed by atoms with van der Waals surface area (Å²) in [6.07, 6.45) is 2.75. The maximum Gasteiger partial charge on any atom is 0.200 e. The van der Waals surface area contributed by atoms with Gasteiger partial charge in [-0.15, -0.1) is 0 Å². The predicted molar refractivity (Wildman–Crippen MR) is 56.9 cm³/mol. The summed E-state index contributed by atoms with van der Waals surface area (Å²) in [7, 11) is 0. The van der Waals surface area contributed by atoms with Gasteiger partial charge in [-0.1, -0.05) is 6.92 Å². The topological polar surface area (TPSA) is 64.7 Å². The van der Waals surface area contributed by atoms with Gasteiger partial charge in [0.2, 0.25) is 0 Å². The van der Waals surface area contributed by atoms with Crippen LogP contribution in [0.3, 0.4) is 0 Å². The Hall–Kier alpha value is -1.49. The first-order valence-corrected chi connectivity index (χ1v) is 5.11. The van der Waals surface area contributed by atoms with Gasteiger partial charge in [0, 0.05) is 17.7 Å². The van der Waals surface area contributed by atoms with E-state index in [1.165, 1.54) is 17.1 Å². The quantitative estimate of drug-likeness (QED) is 0.813. The molecule has 0 unspecified atom stereocenters. The number of aromatic nitrogens is 3. The van der Waals surface area contributed by atoms with E-state index in [4.69, 9.17) is 5.73 Å². The summed E-state index contributed by atoms with van der Waals surface area (Å²) in [5.74, 6) is 0.614. The summed E-state index contributed by atoms with van der Waals surface area (Å²) < 4.78 is 4.10. The molecule has 0 saturated heterocycles. The lowest BCUT2D eigenvalue weighted by Crippen LogP contribution is -1.89. The average Bonchev–Trinajstić information content (AvgIpc) is 2.65. The Balaban J connectivity index is 2.41. The Bertz CT molecular complexity index is 438. The highest BCUT2D eigenvalue weighted by Gasteiger charge is 2.05. The predicted octanol–water partition coefficient (Wildman–Crippen LogP) is 1.74. The smallest absolute Gasteiger partial charge is 0.200 e. The van der Waals surface area contributed by atoms with E-state index in [9.17, 15) is 0 Å². The van der Waals surface area contributed by atoms with Crippen molar-refractivity contribution in [2.45, 2.75) is 13.3 Å². The summed E-state index contributed by atoms with van der Waals surface area (Å²) in [4.78, 5) is 8.28. The molecule has 0 atom stereocenters. The van der Waals surface area contributed by atoms with Crippen LogP contribution in [0.1, 0.15) is 12.5 Å². The van der Waals surface area contributed by atoms with Crippen molar-refractivity contribution in [3.63, 3.8) is 0 Å². The second-order valence-corrected chi connectivity index (χ2v) is 3.64. The van der Waals surface area contributed by atoms with Crippen LogP contribution in [0.15, 0.2) is 18.3 Å². The van der Waals surface area contributed by atoms with Gasteiger partial charge in [-0.25, -0.2) is 0 Å². The third-order valence-corrected chi connectivity index (χ3v) is 2.45. The second kappa shape index (κ2) is 3.71. The summed E-state index contributed by atoms with van der Waals surface area (Å²) in [6.45, 7) is 2.10. The van der Waals surface area contributed by atoms with E-state index in [2.05, 4.69) is 21.3 Å². The number of rotatable bonds is 2. The summed E-state index contributed by atoms with van der Waals surface area (Å²) in [5, 5.41) is 0.476. The molecule has 2 heterocycles. The molecule has 4 nitrogen and oxygen atoms in total. The van der Waals surface area contributed by atoms with Crippen molar-refractivity contribution in [1.82, 2.24) is 14.3 Å². The van der Waals surface area contributed by atoms with Crippen molar-refractivity contribution in [2.75, 3.05) is 5.73 Å². The number of anilines is 1. The number of nitrogens with zero attached hydrogens (tertiary/aromatic N) is 3. The zero-order chi connectivity index (χ0) is 9.97. The fourth-order valence-corrected chi connectivity index (χ4v) is 1.60. The SMILES string of the molecule is CCc1ccnc(-c2nsc(N)n2)c1. The van der Waals surface area contributed by atoms with Gasteiger partial charge in [0.05, 0.1) is 0 Å². The fourth-order valence-electron chi connectivity index (χ4n) is 1.16. The Kier molecular flexibility index (Phi) is 2.41. The van der Waals surface area contributed by atoms with Gasteiger partial charge < -0.3 is 5.73 Å². The zero-order valence-corrected chi connectivity index (χ0v) is 8.58. The van der Waals surface area contributed by atoms with Crippen molar-refractivity contribution in [3.8, 4) is 11.5 Å². The van der Waals surface area contributed by atoms with Crippen LogP contribution in [0.2, 0.25) is 0 Å². The van der Waals surface area contributed by atoms with Gasteiger partial charge in [0.15, 0.2) is 11.0 Å². The second-order valence-electron chi connectivity index (χ2n) is 2.86. The third kappa shape index (κ3) is 1.72. The van der Waals surface area contributed by atoms with E-state index in [0.29, 0.717) is 11.0 Å². The molecule has 14 heavy (non-hydrogen) atoms. The van der Waals surface area contributed by atoms with Crippen LogP contribution in [-0.2, 0) is 6.42 Å². The first-order valence-electron chi connectivity index (χ1n) is 4.34. The third-order valence-electron chi connectivity index (χ3n) is 1.90. The number of pyridine rings is 1. The summed E-state index contributed by atoms with van der Waals surface area (Å²) in [6, 6.07) is 3.97. The van der Waals surface area contributed by atoms with Gasteiger partial charge >= 0.3 is 0 Å². The Labute approximate surface area is 86.0 Å². The highest BCUT2D eigenvalue weighted by atomic mass is 32.1. The largest absolute Gasteiger partial charge is 0.374 e. The lowest BCUT2D eigenvalue weighted by Gasteiger charge is -1.97. The van der Waals surface area contributed by atoms with Gasteiger partial charge in [0.1, 0.15) is 5.69 Å². The van der Waals surface area contributed by atoms with Gasteiger partial charge in [0.25, 0.3) is 0 Å². The molecule has 2 aromatic heterocycles. The molecular weight excluding hydrogens is 196 g/mol. The van der Waals surface area contributed by atoms with Crippen molar-refractivity contribution < 1.29 is 0 Å². The van der Waals surface area contributed by atoms with E-state index in [0.717, 1.165) is 12.1 Å². The molecule has 0 bridgehead atoms. The van der Waals surface area contributed by atoms with Crippen molar-refractivity contribution in [1.29, 1.82) is 0 Å². The summed E-state index contributed by atoms with van der Waals surface area (Å²) in [5.41, 5.74) is 7.52. The molecule has 72 valence electrons. The fraction of sp³-hybridized carbons (Fsp3) is 0.222. The molecule has 2 rings (SSSR count). The number of hydrogen-bond acceptors (Lipinski definition) is 5. The maximum absolute atomic E-state index is 5.50. The van der Waals surface area contributed by atoms with E-state index in [1.807, 2.05) is 12.1 Å². The lowest BCUT2D eigenvalue weighted by atomic mass is 10.2. The molecule has 0 amide bonds. The molecule has 0 spiro atoms.